The fraction of sp³-hybridized carbons (Fsp3) is 0.737. The van der Waals surface area contributed by atoms with Crippen LogP contribution in [0.5, 0.6) is 5.06 Å². The highest BCUT2D eigenvalue weighted by atomic mass is 32.1. The molecule has 0 radical (unpaired) electrons. The maximum absolute atomic E-state index is 12.7. The molecule has 4 rings (SSSR count). The highest BCUT2D eigenvalue weighted by molar-refractivity contribution is 7.11. The first-order valence-corrected chi connectivity index (χ1v) is 10.8. The van der Waals surface area contributed by atoms with Crippen molar-refractivity contribution >= 4 is 23.2 Å². The molecule has 1 atom stereocenters. The first kappa shape index (κ1) is 20.1. The third-order valence-electron chi connectivity index (χ3n) is 5.79. The minimum atomic E-state index is -0.197. The Morgan fingerprint density at radius 1 is 1.07 bits per heavy atom. The summed E-state index contributed by atoms with van der Waals surface area (Å²) in [5, 5.41) is 8.70. The molecular formula is C19H30N4O3S. The summed E-state index contributed by atoms with van der Waals surface area (Å²) in [6.45, 7) is 6.13. The van der Waals surface area contributed by atoms with Crippen molar-refractivity contribution in [2.24, 2.45) is 0 Å². The number of likely N-dealkylation sites (tertiary alicyclic amines) is 1. The SMILES string of the molecule is CC(=O)N1CCC[C@@H]1C(=O)N1CCCN(C2CCC2)CC1.Oc1cncs1. The molecule has 3 aliphatic rings. The largest absolute Gasteiger partial charge is 0.498 e. The molecule has 1 aliphatic carbocycles. The lowest BCUT2D eigenvalue weighted by Gasteiger charge is -2.36. The van der Waals surface area contributed by atoms with Crippen LogP contribution in [0.4, 0.5) is 0 Å². The highest BCUT2D eigenvalue weighted by Crippen LogP contribution is 2.26. The van der Waals surface area contributed by atoms with Gasteiger partial charge in [0.2, 0.25) is 11.8 Å². The summed E-state index contributed by atoms with van der Waals surface area (Å²) in [4.78, 5) is 34.3. The molecule has 1 N–H and O–H groups in total. The number of aromatic nitrogens is 1. The molecule has 0 spiro atoms. The van der Waals surface area contributed by atoms with Crippen LogP contribution < -0.4 is 0 Å². The van der Waals surface area contributed by atoms with E-state index in [-0.39, 0.29) is 22.9 Å². The van der Waals surface area contributed by atoms with Gasteiger partial charge in [0.1, 0.15) is 6.04 Å². The van der Waals surface area contributed by atoms with E-state index in [1.807, 2.05) is 4.90 Å². The Morgan fingerprint density at radius 2 is 1.89 bits per heavy atom. The second-order valence-electron chi connectivity index (χ2n) is 7.51. The van der Waals surface area contributed by atoms with Crippen molar-refractivity contribution in [1.82, 2.24) is 19.7 Å². The Morgan fingerprint density at radius 3 is 2.44 bits per heavy atom. The topological polar surface area (TPSA) is 77.0 Å². The van der Waals surface area contributed by atoms with Crippen molar-refractivity contribution in [3.63, 3.8) is 0 Å². The second kappa shape index (κ2) is 9.50. The number of nitrogens with zero attached hydrogens (tertiary/aromatic N) is 4. The van der Waals surface area contributed by atoms with Crippen LogP contribution in [0.25, 0.3) is 0 Å². The van der Waals surface area contributed by atoms with Gasteiger partial charge in [-0.2, -0.15) is 0 Å². The average Bonchev–Trinajstić information content (AvgIpc) is 3.21. The maximum atomic E-state index is 12.7. The Labute approximate surface area is 165 Å². The number of hydrogen-bond acceptors (Lipinski definition) is 6. The van der Waals surface area contributed by atoms with Crippen molar-refractivity contribution in [3.8, 4) is 5.06 Å². The molecule has 2 saturated heterocycles. The molecule has 2 aliphatic heterocycles. The summed E-state index contributed by atoms with van der Waals surface area (Å²) in [5.41, 5.74) is 1.58. The Balaban J connectivity index is 0.000000299. The number of rotatable bonds is 2. The lowest BCUT2D eigenvalue weighted by atomic mass is 9.91. The third-order valence-corrected chi connectivity index (χ3v) is 6.37. The fourth-order valence-electron chi connectivity index (χ4n) is 4.09. The van der Waals surface area contributed by atoms with Gasteiger partial charge in [-0.15, -0.1) is 0 Å². The number of carbonyl (C=O) groups excluding carboxylic acids is 2. The number of amides is 2. The van der Waals surface area contributed by atoms with E-state index in [4.69, 9.17) is 5.11 Å². The fourth-order valence-corrected chi connectivity index (χ4v) is 4.45. The van der Waals surface area contributed by atoms with E-state index in [1.165, 1.54) is 36.8 Å². The van der Waals surface area contributed by atoms with Crippen molar-refractivity contribution in [3.05, 3.63) is 11.7 Å². The molecule has 0 aromatic carbocycles. The predicted molar refractivity (Wildman–Crippen MR) is 105 cm³/mol. The number of carbonyl (C=O) groups is 2. The highest BCUT2D eigenvalue weighted by Gasteiger charge is 2.36. The van der Waals surface area contributed by atoms with E-state index in [2.05, 4.69) is 9.88 Å². The standard InChI is InChI=1S/C16H27N3O2.C3H3NOS/c1-13(20)19-10-3-7-15(19)16(21)18-9-4-8-17(11-12-18)14-5-2-6-14;5-3-1-4-2-6-3/h14-15H,2-12H2,1H3;1-2,5H/t15-;/m1./s1. The van der Waals surface area contributed by atoms with Crippen molar-refractivity contribution in [1.29, 1.82) is 0 Å². The molecule has 8 heteroatoms. The van der Waals surface area contributed by atoms with Gasteiger partial charge in [-0.3, -0.25) is 14.5 Å². The molecule has 27 heavy (non-hydrogen) atoms. The zero-order valence-corrected chi connectivity index (χ0v) is 16.9. The smallest absolute Gasteiger partial charge is 0.245 e. The van der Waals surface area contributed by atoms with E-state index in [1.54, 1.807) is 17.3 Å². The minimum Gasteiger partial charge on any atom is -0.498 e. The minimum absolute atomic E-state index is 0.0387. The van der Waals surface area contributed by atoms with Crippen LogP contribution >= 0.6 is 11.3 Å². The molecule has 0 bridgehead atoms. The number of aromatic hydroxyl groups is 1. The van der Waals surface area contributed by atoms with Gasteiger partial charge in [0, 0.05) is 45.7 Å². The van der Waals surface area contributed by atoms with Crippen LogP contribution in [0, 0.1) is 0 Å². The maximum Gasteiger partial charge on any atom is 0.245 e. The van der Waals surface area contributed by atoms with Crippen LogP contribution in [0.3, 0.4) is 0 Å². The quantitative estimate of drug-likeness (QED) is 0.829. The summed E-state index contributed by atoms with van der Waals surface area (Å²) in [5.74, 6) is 0.218. The van der Waals surface area contributed by atoms with E-state index in [9.17, 15) is 9.59 Å². The lowest BCUT2D eigenvalue weighted by Crippen LogP contribution is -2.48. The summed E-state index contributed by atoms with van der Waals surface area (Å²) in [6.07, 6.45) is 8.28. The van der Waals surface area contributed by atoms with Crippen LogP contribution in [0.15, 0.2) is 11.7 Å². The average molecular weight is 395 g/mol. The number of hydrogen-bond donors (Lipinski definition) is 1. The van der Waals surface area contributed by atoms with E-state index in [0.717, 1.165) is 58.0 Å². The van der Waals surface area contributed by atoms with Crippen LogP contribution in [0.2, 0.25) is 0 Å². The third kappa shape index (κ3) is 5.19. The van der Waals surface area contributed by atoms with Crippen LogP contribution in [-0.2, 0) is 9.59 Å². The normalized spacial score (nSPS) is 24.0. The van der Waals surface area contributed by atoms with Gasteiger partial charge in [0.05, 0.1) is 11.7 Å². The van der Waals surface area contributed by atoms with Gasteiger partial charge >= 0.3 is 0 Å². The van der Waals surface area contributed by atoms with Gasteiger partial charge in [0.25, 0.3) is 0 Å². The van der Waals surface area contributed by atoms with Gasteiger partial charge in [-0.25, -0.2) is 4.98 Å². The first-order chi connectivity index (χ1) is 13.1. The molecule has 7 nitrogen and oxygen atoms in total. The monoisotopic (exact) mass is 394 g/mol. The van der Waals surface area contributed by atoms with Crippen LogP contribution in [0.1, 0.15) is 45.4 Å². The summed E-state index contributed by atoms with van der Waals surface area (Å²) < 4.78 is 0. The molecule has 1 aromatic heterocycles. The summed E-state index contributed by atoms with van der Waals surface area (Å²) >= 11 is 1.22. The Bertz CT molecular complexity index is 620. The number of thiazole rings is 1. The van der Waals surface area contributed by atoms with Crippen LogP contribution in [-0.4, -0.2) is 81.4 Å². The molecule has 3 fully saturated rings. The zero-order valence-electron chi connectivity index (χ0n) is 16.0. The van der Waals surface area contributed by atoms with Crippen molar-refractivity contribution < 1.29 is 14.7 Å². The molecule has 0 unspecified atom stereocenters. The zero-order chi connectivity index (χ0) is 19.2. The van der Waals surface area contributed by atoms with Gasteiger partial charge in [-0.05, 0) is 32.1 Å². The molecular weight excluding hydrogens is 364 g/mol. The molecule has 1 aromatic rings. The predicted octanol–water partition coefficient (Wildman–Crippen LogP) is 1.93. The van der Waals surface area contributed by atoms with E-state index >= 15 is 0 Å². The van der Waals surface area contributed by atoms with E-state index < -0.39 is 0 Å². The molecule has 150 valence electrons. The Kier molecular flexibility index (Phi) is 7.07. The first-order valence-electron chi connectivity index (χ1n) is 9.93. The molecule has 3 heterocycles. The van der Waals surface area contributed by atoms with E-state index in [0.29, 0.717) is 0 Å². The van der Waals surface area contributed by atoms with Crippen molar-refractivity contribution in [2.45, 2.75) is 57.5 Å². The van der Waals surface area contributed by atoms with Gasteiger partial charge in [-0.1, -0.05) is 17.8 Å². The summed E-state index contributed by atoms with van der Waals surface area (Å²) in [6, 6.07) is 0.568. The van der Waals surface area contributed by atoms with Gasteiger partial charge < -0.3 is 14.9 Å². The lowest BCUT2D eigenvalue weighted by molar-refractivity contribution is -0.142. The molecule has 2 amide bonds. The van der Waals surface area contributed by atoms with Crippen molar-refractivity contribution in [2.75, 3.05) is 32.7 Å². The second-order valence-corrected chi connectivity index (χ2v) is 8.37. The molecule has 1 saturated carbocycles. The Hall–Kier alpha value is -1.67. The van der Waals surface area contributed by atoms with Gasteiger partial charge in [0.15, 0.2) is 5.06 Å². The summed E-state index contributed by atoms with van der Waals surface area (Å²) in [7, 11) is 0.